The minimum absolute atomic E-state index is 0.670. The van der Waals surface area contributed by atoms with Crippen LogP contribution in [0.25, 0.3) is 6.08 Å². The zero-order valence-corrected chi connectivity index (χ0v) is 18.4. The summed E-state index contributed by atoms with van der Waals surface area (Å²) in [4.78, 5) is 2.50. The van der Waals surface area contributed by atoms with E-state index in [9.17, 15) is 0 Å². The Morgan fingerprint density at radius 3 is 2.31 bits per heavy atom. The molecule has 0 aliphatic carbocycles. The van der Waals surface area contributed by atoms with Crippen LogP contribution in [0.4, 0.5) is 0 Å². The van der Waals surface area contributed by atoms with Gasteiger partial charge in [0.1, 0.15) is 0 Å². The van der Waals surface area contributed by atoms with Gasteiger partial charge in [-0.1, -0.05) is 48.6 Å². The SMILES string of the molecule is COc1ccc(CN2CCC(SC/C=C/c3ccccc3)CC2)c(OC)c1OC. The van der Waals surface area contributed by atoms with Crippen molar-refractivity contribution in [2.24, 2.45) is 0 Å². The number of hydrogen-bond acceptors (Lipinski definition) is 5. The average Bonchev–Trinajstić information content (AvgIpc) is 2.78. The Hall–Kier alpha value is -2.11. The summed E-state index contributed by atoms with van der Waals surface area (Å²) in [7, 11) is 4.99. The second-order valence-corrected chi connectivity index (χ2v) is 8.45. The third kappa shape index (κ3) is 5.94. The quantitative estimate of drug-likeness (QED) is 0.569. The largest absolute Gasteiger partial charge is 0.493 e. The van der Waals surface area contributed by atoms with Gasteiger partial charge in [0.25, 0.3) is 0 Å². The standard InChI is InChI=1S/C24H31NO3S/c1-26-22-12-11-20(23(27-2)24(22)28-3)18-25-15-13-21(14-16-25)29-17-7-10-19-8-5-4-6-9-19/h4-12,21H,13-18H2,1-3H3/b10-7+. The van der Waals surface area contributed by atoms with Gasteiger partial charge in [0.05, 0.1) is 21.3 Å². The molecule has 0 unspecified atom stereocenters. The van der Waals surface area contributed by atoms with Crippen molar-refractivity contribution >= 4 is 17.8 Å². The van der Waals surface area contributed by atoms with Gasteiger partial charge in [-0.25, -0.2) is 0 Å². The van der Waals surface area contributed by atoms with E-state index in [1.54, 1.807) is 21.3 Å². The Bertz CT molecular complexity index is 786. The maximum atomic E-state index is 5.63. The number of hydrogen-bond donors (Lipinski definition) is 0. The lowest BCUT2D eigenvalue weighted by atomic mass is 10.1. The zero-order valence-electron chi connectivity index (χ0n) is 17.6. The highest BCUT2D eigenvalue weighted by Gasteiger charge is 2.22. The Morgan fingerprint density at radius 2 is 1.66 bits per heavy atom. The molecule has 1 fully saturated rings. The first-order valence-corrected chi connectivity index (χ1v) is 11.1. The highest BCUT2D eigenvalue weighted by atomic mass is 32.2. The minimum Gasteiger partial charge on any atom is -0.493 e. The van der Waals surface area contributed by atoms with Crippen LogP contribution in [0.15, 0.2) is 48.5 Å². The molecule has 3 rings (SSSR count). The molecule has 0 radical (unpaired) electrons. The third-order valence-electron chi connectivity index (χ3n) is 5.25. The van der Waals surface area contributed by atoms with Crippen LogP contribution in [0.1, 0.15) is 24.0 Å². The number of rotatable bonds is 9. The monoisotopic (exact) mass is 413 g/mol. The van der Waals surface area contributed by atoms with E-state index in [0.29, 0.717) is 11.5 Å². The van der Waals surface area contributed by atoms with Crippen molar-refractivity contribution < 1.29 is 14.2 Å². The fraction of sp³-hybridized carbons (Fsp3) is 0.417. The lowest BCUT2D eigenvalue weighted by Crippen LogP contribution is -2.34. The third-order valence-corrected chi connectivity index (χ3v) is 6.58. The molecule has 156 valence electrons. The highest BCUT2D eigenvalue weighted by Crippen LogP contribution is 2.40. The molecule has 0 saturated carbocycles. The van der Waals surface area contributed by atoms with Crippen LogP contribution in [-0.2, 0) is 6.54 Å². The molecule has 1 saturated heterocycles. The smallest absolute Gasteiger partial charge is 0.203 e. The van der Waals surface area contributed by atoms with E-state index in [4.69, 9.17) is 14.2 Å². The van der Waals surface area contributed by atoms with Gasteiger partial charge in [-0.2, -0.15) is 11.8 Å². The van der Waals surface area contributed by atoms with Crippen LogP contribution in [-0.4, -0.2) is 50.3 Å². The average molecular weight is 414 g/mol. The Morgan fingerprint density at radius 1 is 0.931 bits per heavy atom. The summed E-state index contributed by atoms with van der Waals surface area (Å²) >= 11 is 2.07. The summed E-state index contributed by atoms with van der Waals surface area (Å²) in [6.07, 6.45) is 6.94. The molecule has 1 heterocycles. The minimum atomic E-state index is 0.670. The summed E-state index contributed by atoms with van der Waals surface area (Å²) in [6.45, 7) is 3.09. The number of piperidine rings is 1. The highest BCUT2D eigenvalue weighted by molar-refractivity contribution is 8.00. The molecule has 0 N–H and O–H groups in total. The van der Waals surface area contributed by atoms with E-state index in [1.807, 2.05) is 6.07 Å². The van der Waals surface area contributed by atoms with Gasteiger partial charge >= 0.3 is 0 Å². The molecule has 4 nitrogen and oxygen atoms in total. The van der Waals surface area contributed by atoms with Gasteiger partial charge in [0, 0.05) is 23.1 Å². The van der Waals surface area contributed by atoms with Crippen LogP contribution in [0.5, 0.6) is 17.2 Å². The van der Waals surface area contributed by atoms with E-state index >= 15 is 0 Å². The van der Waals surface area contributed by atoms with Crippen LogP contribution >= 0.6 is 11.8 Å². The lowest BCUT2D eigenvalue weighted by molar-refractivity contribution is 0.220. The fourth-order valence-corrected chi connectivity index (χ4v) is 4.73. The molecular weight excluding hydrogens is 382 g/mol. The van der Waals surface area contributed by atoms with Crippen molar-refractivity contribution in [1.29, 1.82) is 0 Å². The van der Waals surface area contributed by atoms with E-state index in [-0.39, 0.29) is 0 Å². The first-order chi connectivity index (χ1) is 14.2. The maximum Gasteiger partial charge on any atom is 0.203 e. The number of thioether (sulfide) groups is 1. The second-order valence-electron chi connectivity index (χ2n) is 7.12. The summed E-state index contributed by atoms with van der Waals surface area (Å²) in [6, 6.07) is 14.5. The lowest BCUT2D eigenvalue weighted by Gasteiger charge is -2.32. The maximum absolute atomic E-state index is 5.63. The molecule has 2 aromatic carbocycles. The Balaban J connectivity index is 1.48. The Kier molecular flexibility index (Phi) is 8.32. The van der Waals surface area contributed by atoms with Crippen molar-refractivity contribution in [3.63, 3.8) is 0 Å². The van der Waals surface area contributed by atoms with Crippen molar-refractivity contribution in [2.75, 3.05) is 40.2 Å². The van der Waals surface area contributed by atoms with Crippen molar-refractivity contribution in [1.82, 2.24) is 4.90 Å². The molecule has 0 spiro atoms. The number of nitrogens with zero attached hydrogens (tertiary/aromatic N) is 1. The molecule has 0 atom stereocenters. The number of methoxy groups -OCH3 is 3. The van der Waals surface area contributed by atoms with Gasteiger partial charge in [-0.15, -0.1) is 0 Å². The van der Waals surface area contributed by atoms with E-state index in [2.05, 4.69) is 65.2 Å². The number of benzene rings is 2. The topological polar surface area (TPSA) is 30.9 Å². The van der Waals surface area contributed by atoms with Gasteiger partial charge in [0.2, 0.25) is 5.75 Å². The van der Waals surface area contributed by atoms with Crippen LogP contribution < -0.4 is 14.2 Å². The zero-order chi connectivity index (χ0) is 20.5. The normalized spacial score (nSPS) is 15.6. The van der Waals surface area contributed by atoms with Crippen molar-refractivity contribution in [3.05, 3.63) is 59.7 Å². The summed E-state index contributed by atoms with van der Waals surface area (Å²) in [5.74, 6) is 3.22. The van der Waals surface area contributed by atoms with E-state index in [0.717, 1.165) is 42.0 Å². The molecule has 29 heavy (non-hydrogen) atoms. The van der Waals surface area contributed by atoms with Gasteiger partial charge < -0.3 is 14.2 Å². The Labute approximate surface area is 178 Å². The summed E-state index contributed by atoms with van der Waals surface area (Å²) < 4.78 is 16.5. The predicted octanol–water partition coefficient (Wildman–Crippen LogP) is 5.12. The van der Waals surface area contributed by atoms with Crippen LogP contribution in [0.3, 0.4) is 0 Å². The molecule has 0 amide bonds. The molecule has 0 aromatic heterocycles. The molecule has 2 aromatic rings. The van der Waals surface area contributed by atoms with Crippen molar-refractivity contribution in [3.8, 4) is 17.2 Å². The van der Waals surface area contributed by atoms with Crippen LogP contribution in [0.2, 0.25) is 0 Å². The van der Waals surface area contributed by atoms with Crippen LogP contribution in [0, 0.1) is 0 Å². The fourth-order valence-electron chi connectivity index (χ4n) is 3.70. The van der Waals surface area contributed by atoms with Gasteiger partial charge in [-0.3, -0.25) is 4.90 Å². The van der Waals surface area contributed by atoms with Gasteiger partial charge in [0.15, 0.2) is 11.5 Å². The first-order valence-electron chi connectivity index (χ1n) is 10.1. The molecule has 5 heteroatoms. The molecule has 1 aliphatic rings. The molecule has 0 bridgehead atoms. The van der Waals surface area contributed by atoms with E-state index in [1.165, 1.54) is 18.4 Å². The number of ether oxygens (including phenoxy) is 3. The molecule has 1 aliphatic heterocycles. The molecular formula is C24H31NO3S. The summed E-state index contributed by atoms with van der Waals surface area (Å²) in [5, 5.41) is 0.735. The summed E-state index contributed by atoms with van der Waals surface area (Å²) in [5.41, 5.74) is 2.41. The van der Waals surface area contributed by atoms with E-state index < -0.39 is 0 Å². The first kappa shape index (κ1) is 21.6. The number of likely N-dealkylation sites (tertiary alicyclic amines) is 1. The second kappa shape index (κ2) is 11.2. The predicted molar refractivity (Wildman–Crippen MR) is 122 cm³/mol. The van der Waals surface area contributed by atoms with Crippen molar-refractivity contribution in [2.45, 2.75) is 24.6 Å². The van der Waals surface area contributed by atoms with Gasteiger partial charge in [-0.05, 0) is 37.6 Å².